The molecule has 0 radical (unpaired) electrons. The van der Waals surface area contributed by atoms with Crippen LogP contribution < -0.4 is 5.73 Å². The summed E-state index contributed by atoms with van der Waals surface area (Å²) in [6.07, 6.45) is 0. The molecule has 1 heterocycles. The highest BCUT2D eigenvalue weighted by Gasteiger charge is 2.14. The fourth-order valence-corrected chi connectivity index (χ4v) is 4.43. The van der Waals surface area contributed by atoms with Crippen molar-refractivity contribution >= 4 is 52.4 Å². The molecule has 0 spiro atoms. The molecule has 1 unspecified atom stereocenters. The third-order valence-electron chi connectivity index (χ3n) is 2.34. The van der Waals surface area contributed by atoms with Crippen molar-refractivity contribution < 1.29 is 4.79 Å². The first kappa shape index (κ1) is 15.6. The average Bonchev–Trinajstić information content (AvgIpc) is 2.85. The predicted molar refractivity (Wildman–Crippen MR) is 85.4 cm³/mol. The topological polar surface area (TPSA) is 68.9 Å². The van der Waals surface area contributed by atoms with E-state index >= 15 is 0 Å². The Hall–Kier alpha value is -0.760. The Kier molecular flexibility index (Phi) is 5.71. The van der Waals surface area contributed by atoms with E-state index in [1.54, 1.807) is 18.7 Å². The molecule has 4 nitrogen and oxygen atoms in total. The Labute approximate surface area is 134 Å². The van der Waals surface area contributed by atoms with Crippen molar-refractivity contribution in [1.29, 1.82) is 0 Å². The molecule has 0 aliphatic heterocycles. The molecule has 106 valence electrons. The third-order valence-corrected chi connectivity index (χ3v) is 5.92. The first-order valence-corrected chi connectivity index (χ1v) is 8.77. The Morgan fingerprint density at radius 1 is 1.35 bits per heavy atom. The normalized spacial score (nSPS) is 12.3. The molecular formula is C12H12ClN3OS3. The number of nitrogens with zero attached hydrogens (tertiary/aromatic N) is 2. The fraction of sp³-hybridized carbons (Fsp3) is 0.250. The van der Waals surface area contributed by atoms with Gasteiger partial charge in [-0.25, -0.2) is 0 Å². The van der Waals surface area contributed by atoms with Gasteiger partial charge in [-0.05, 0) is 24.6 Å². The Morgan fingerprint density at radius 2 is 2.00 bits per heavy atom. The van der Waals surface area contributed by atoms with Gasteiger partial charge in [0, 0.05) is 10.8 Å². The average molecular weight is 346 g/mol. The highest BCUT2D eigenvalue weighted by molar-refractivity contribution is 8.03. The van der Waals surface area contributed by atoms with Crippen LogP contribution in [-0.2, 0) is 10.5 Å². The van der Waals surface area contributed by atoms with Crippen molar-refractivity contribution in [3.63, 3.8) is 0 Å². The number of carbonyl (C=O) groups excluding carboxylic acids is 1. The maximum absolute atomic E-state index is 11.0. The Balaban J connectivity index is 1.89. The van der Waals surface area contributed by atoms with Crippen LogP contribution in [0.4, 0.5) is 0 Å². The van der Waals surface area contributed by atoms with E-state index in [0.29, 0.717) is 0 Å². The number of halogens is 1. The lowest BCUT2D eigenvalue weighted by Gasteiger charge is -2.01. The molecule has 0 saturated carbocycles. The zero-order valence-corrected chi connectivity index (χ0v) is 13.8. The number of amides is 1. The number of hydrogen-bond acceptors (Lipinski definition) is 6. The van der Waals surface area contributed by atoms with Gasteiger partial charge in [0.05, 0.1) is 5.25 Å². The van der Waals surface area contributed by atoms with E-state index in [1.807, 2.05) is 24.3 Å². The van der Waals surface area contributed by atoms with E-state index in [9.17, 15) is 4.79 Å². The molecule has 1 aromatic carbocycles. The molecule has 2 aromatic rings. The number of benzene rings is 1. The molecule has 0 aliphatic carbocycles. The quantitative estimate of drug-likeness (QED) is 0.812. The van der Waals surface area contributed by atoms with Crippen molar-refractivity contribution in [3.05, 3.63) is 34.9 Å². The number of thioether (sulfide) groups is 2. The molecule has 8 heteroatoms. The number of aromatic nitrogens is 2. The van der Waals surface area contributed by atoms with Crippen LogP contribution in [-0.4, -0.2) is 21.4 Å². The van der Waals surface area contributed by atoms with Gasteiger partial charge in [-0.2, -0.15) is 0 Å². The lowest BCUT2D eigenvalue weighted by atomic mass is 10.2. The van der Waals surface area contributed by atoms with Crippen LogP contribution >= 0.6 is 46.5 Å². The van der Waals surface area contributed by atoms with Gasteiger partial charge in [-0.3, -0.25) is 4.79 Å². The number of primary amides is 1. The third kappa shape index (κ3) is 4.66. The highest BCUT2D eigenvalue weighted by Crippen LogP contribution is 2.32. The van der Waals surface area contributed by atoms with Crippen LogP contribution in [0, 0.1) is 0 Å². The summed E-state index contributed by atoms with van der Waals surface area (Å²) in [7, 11) is 0. The van der Waals surface area contributed by atoms with Gasteiger partial charge in [0.15, 0.2) is 8.68 Å². The molecule has 2 N–H and O–H groups in total. The van der Waals surface area contributed by atoms with E-state index in [4.69, 9.17) is 17.3 Å². The summed E-state index contributed by atoms with van der Waals surface area (Å²) in [5.41, 5.74) is 6.39. The largest absolute Gasteiger partial charge is 0.369 e. The second kappa shape index (κ2) is 7.31. The van der Waals surface area contributed by atoms with Crippen LogP contribution in [0.15, 0.2) is 32.9 Å². The first-order chi connectivity index (χ1) is 9.54. The zero-order valence-electron chi connectivity index (χ0n) is 10.6. The molecule has 20 heavy (non-hydrogen) atoms. The number of carbonyl (C=O) groups is 1. The van der Waals surface area contributed by atoms with E-state index < -0.39 is 0 Å². The van der Waals surface area contributed by atoms with Crippen molar-refractivity contribution in [2.24, 2.45) is 5.73 Å². The van der Waals surface area contributed by atoms with Gasteiger partial charge in [-0.15, -0.1) is 10.2 Å². The summed E-state index contributed by atoms with van der Waals surface area (Å²) >= 11 is 10.3. The minimum Gasteiger partial charge on any atom is -0.369 e. The Morgan fingerprint density at radius 3 is 2.65 bits per heavy atom. The second-order valence-corrected chi connectivity index (χ2v) is 8.14. The van der Waals surface area contributed by atoms with E-state index in [2.05, 4.69) is 10.2 Å². The lowest BCUT2D eigenvalue weighted by molar-refractivity contribution is -0.117. The van der Waals surface area contributed by atoms with Crippen LogP contribution in [0.5, 0.6) is 0 Å². The molecule has 2 rings (SSSR count). The van der Waals surface area contributed by atoms with Crippen molar-refractivity contribution in [2.45, 2.75) is 26.6 Å². The monoisotopic (exact) mass is 345 g/mol. The summed E-state index contributed by atoms with van der Waals surface area (Å²) in [6, 6.07) is 7.71. The number of hydrogen-bond donors (Lipinski definition) is 1. The SMILES string of the molecule is CC(Sc1nnc(SCc2ccc(Cl)cc2)s1)C(N)=O. The van der Waals surface area contributed by atoms with Crippen LogP contribution in [0.1, 0.15) is 12.5 Å². The minimum absolute atomic E-state index is 0.294. The zero-order chi connectivity index (χ0) is 14.5. The van der Waals surface area contributed by atoms with Crippen molar-refractivity contribution in [1.82, 2.24) is 10.2 Å². The summed E-state index contributed by atoms with van der Waals surface area (Å²) in [5.74, 6) is 0.461. The highest BCUT2D eigenvalue weighted by atomic mass is 35.5. The molecule has 0 fully saturated rings. The molecule has 1 atom stereocenters. The molecular weight excluding hydrogens is 334 g/mol. The van der Waals surface area contributed by atoms with Crippen LogP contribution in [0.2, 0.25) is 5.02 Å². The van der Waals surface area contributed by atoms with Crippen molar-refractivity contribution in [3.8, 4) is 0 Å². The van der Waals surface area contributed by atoms with E-state index in [0.717, 1.165) is 19.5 Å². The number of rotatable bonds is 6. The Bertz CT molecular complexity index is 588. The van der Waals surface area contributed by atoms with Crippen LogP contribution in [0.3, 0.4) is 0 Å². The molecule has 1 amide bonds. The number of nitrogens with two attached hydrogens (primary N) is 1. The second-order valence-electron chi connectivity index (χ2n) is 3.91. The minimum atomic E-state index is -0.347. The molecule has 0 aliphatic rings. The maximum atomic E-state index is 11.0. The van der Waals surface area contributed by atoms with E-state index in [-0.39, 0.29) is 11.2 Å². The summed E-state index contributed by atoms with van der Waals surface area (Å²) < 4.78 is 1.63. The van der Waals surface area contributed by atoms with Crippen molar-refractivity contribution in [2.75, 3.05) is 0 Å². The van der Waals surface area contributed by atoms with Gasteiger partial charge in [-0.1, -0.05) is 58.6 Å². The van der Waals surface area contributed by atoms with Gasteiger partial charge in [0.25, 0.3) is 0 Å². The van der Waals surface area contributed by atoms with Gasteiger partial charge in [0.2, 0.25) is 5.91 Å². The maximum Gasteiger partial charge on any atom is 0.230 e. The standard InChI is InChI=1S/C12H12ClN3OS3/c1-7(10(14)17)19-12-16-15-11(20-12)18-6-8-2-4-9(13)5-3-8/h2-5,7H,6H2,1H3,(H2,14,17). The summed E-state index contributed by atoms with van der Waals surface area (Å²) in [5, 5.41) is 8.58. The fourth-order valence-electron chi connectivity index (χ4n) is 1.24. The van der Waals surface area contributed by atoms with Gasteiger partial charge >= 0.3 is 0 Å². The van der Waals surface area contributed by atoms with Crippen LogP contribution in [0.25, 0.3) is 0 Å². The molecule has 0 bridgehead atoms. The summed E-state index contributed by atoms with van der Waals surface area (Å²) in [4.78, 5) is 11.0. The lowest BCUT2D eigenvalue weighted by Crippen LogP contribution is -2.22. The molecule has 1 aromatic heterocycles. The van der Waals surface area contributed by atoms with Gasteiger partial charge < -0.3 is 5.73 Å². The molecule has 0 saturated heterocycles. The first-order valence-electron chi connectivity index (χ1n) is 5.71. The summed E-state index contributed by atoms with van der Waals surface area (Å²) in [6.45, 7) is 1.76. The smallest absolute Gasteiger partial charge is 0.230 e. The predicted octanol–water partition coefficient (Wildman–Crippen LogP) is 3.45. The van der Waals surface area contributed by atoms with E-state index in [1.165, 1.54) is 28.7 Å². The van der Waals surface area contributed by atoms with Gasteiger partial charge in [0.1, 0.15) is 0 Å².